The molecule has 104 valence electrons. The Bertz CT molecular complexity index is 654. The molecule has 0 spiro atoms. The van der Waals surface area contributed by atoms with Crippen molar-refractivity contribution in [1.29, 1.82) is 0 Å². The summed E-state index contributed by atoms with van der Waals surface area (Å²) in [5, 5.41) is 4.24. The van der Waals surface area contributed by atoms with Crippen molar-refractivity contribution in [2.24, 2.45) is 5.73 Å². The fourth-order valence-electron chi connectivity index (χ4n) is 1.65. The molecule has 0 fully saturated rings. The number of nitrogens with two attached hydrogens (primary N) is 1. The summed E-state index contributed by atoms with van der Waals surface area (Å²) in [6.45, 7) is -0.182. The number of halogens is 1. The number of hydrogen-bond donors (Lipinski definition) is 1. The summed E-state index contributed by atoms with van der Waals surface area (Å²) in [5.41, 5.74) is 5.84. The molecule has 2 amide bonds. The summed E-state index contributed by atoms with van der Waals surface area (Å²) in [6.07, 6.45) is 0. The minimum atomic E-state index is -0.598. The molecule has 2 aromatic rings. The van der Waals surface area contributed by atoms with Gasteiger partial charge < -0.3 is 15.2 Å². The molecule has 0 aliphatic heterocycles. The van der Waals surface area contributed by atoms with E-state index in [4.69, 9.17) is 21.9 Å². The minimum Gasteiger partial charge on any atom is -0.368 e. The molecule has 2 rings (SSSR count). The number of amides is 2. The summed E-state index contributed by atoms with van der Waals surface area (Å²) in [6, 6.07) is 8.47. The van der Waals surface area contributed by atoms with Crippen molar-refractivity contribution in [1.82, 2.24) is 10.1 Å². The van der Waals surface area contributed by atoms with Crippen LogP contribution in [0.1, 0.15) is 10.5 Å². The second-order valence-electron chi connectivity index (χ2n) is 4.21. The molecular weight excluding hydrogens is 282 g/mol. The summed E-state index contributed by atoms with van der Waals surface area (Å²) in [7, 11) is 1.46. The van der Waals surface area contributed by atoms with Gasteiger partial charge in [-0.15, -0.1) is 0 Å². The number of carbonyl (C=O) groups is 2. The number of likely N-dealkylation sites (N-methyl/N-ethyl adjacent to an activating group) is 1. The molecule has 6 nitrogen and oxygen atoms in total. The third-order valence-electron chi connectivity index (χ3n) is 2.58. The van der Waals surface area contributed by atoms with E-state index in [0.29, 0.717) is 16.3 Å². The molecule has 0 atom stereocenters. The van der Waals surface area contributed by atoms with Gasteiger partial charge in [0.2, 0.25) is 5.91 Å². The molecule has 1 heterocycles. The van der Waals surface area contributed by atoms with E-state index in [9.17, 15) is 9.59 Å². The van der Waals surface area contributed by atoms with Crippen molar-refractivity contribution in [3.05, 3.63) is 41.0 Å². The van der Waals surface area contributed by atoms with E-state index in [-0.39, 0.29) is 12.2 Å². The molecule has 0 radical (unpaired) electrons. The molecule has 2 N–H and O–H groups in total. The van der Waals surface area contributed by atoms with Crippen LogP contribution >= 0.6 is 11.6 Å². The van der Waals surface area contributed by atoms with E-state index in [1.165, 1.54) is 18.0 Å². The number of benzene rings is 1. The van der Waals surface area contributed by atoms with Crippen LogP contribution in [0.2, 0.25) is 5.02 Å². The van der Waals surface area contributed by atoms with Crippen LogP contribution in [0.5, 0.6) is 0 Å². The summed E-state index contributed by atoms with van der Waals surface area (Å²) >= 11 is 5.88. The van der Waals surface area contributed by atoms with Crippen molar-refractivity contribution in [3.63, 3.8) is 0 Å². The third kappa shape index (κ3) is 3.16. The van der Waals surface area contributed by atoms with Crippen LogP contribution in [0.3, 0.4) is 0 Å². The third-order valence-corrected chi connectivity index (χ3v) is 2.81. The van der Waals surface area contributed by atoms with Gasteiger partial charge in [-0.1, -0.05) is 28.9 Å². The van der Waals surface area contributed by atoms with Gasteiger partial charge in [0.05, 0.1) is 6.54 Å². The number of rotatable bonds is 4. The zero-order valence-corrected chi connectivity index (χ0v) is 11.4. The fourth-order valence-corrected chi connectivity index (χ4v) is 1.85. The van der Waals surface area contributed by atoms with E-state index in [2.05, 4.69) is 5.16 Å². The molecule has 1 aromatic heterocycles. The van der Waals surface area contributed by atoms with E-state index in [1.54, 1.807) is 24.3 Å². The number of nitrogens with zero attached hydrogens (tertiary/aromatic N) is 2. The lowest BCUT2D eigenvalue weighted by Crippen LogP contribution is -2.35. The predicted octanol–water partition coefficient (Wildman–Crippen LogP) is 1.55. The molecule has 1 aromatic carbocycles. The van der Waals surface area contributed by atoms with Gasteiger partial charge >= 0.3 is 0 Å². The topological polar surface area (TPSA) is 89.4 Å². The molecule has 0 bridgehead atoms. The van der Waals surface area contributed by atoms with E-state index < -0.39 is 11.8 Å². The average molecular weight is 294 g/mol. The number of primary amides is 1. The molecule has 0 saturated carbocycles. The first-order valence-electron chi connectivity index (χ1n) is 5.74. The zero-order valence-electron chi connectivity index (χ0n) is 10.7. The Kier molecular flexibility index (Phi) is 4.05. The normalized spacial score (nSPS) is 10.3. The number of aromatic nitrogens is 1. The molecule has 0 unspecified atom stereocenters. The van der Waals surface area contributed by atoms with Gasteiger partial charge in [-0.25, -0.2) is 0 Å². The summed E-state index contributed by atoms with van der Waals surface area (Å²) in [5.74, 6) is -0.622. The lowest BCUT2D eigenvalue weighted by Gasteiger charge is -2.12. The Morgan fingerprint density at radius 2 is 2.15 bits per heavy atom. The zero-order chi connectivity index (χ0) is 14.7. The SMILES string of the molecule is CN(CC(N)=O)C(=O)c1cc(-c2cccc(Cl)c2)on1. The highest BCUT2D eigenvalue weighted by Gasteiger charge is 2.18. The molecule has 0 saturated heterocycles. The first-order chi connectivity index (χ1) is 9.47. The summed E-state index contributed by atoms with van der Waals surface area (Å²) in [4.78, 5) is 23.9. The van der Waals surface area contributed by atoms with Gasteiger partial charge in [-0.05, 0) is 12.1 Å². The van der Waals surface area contributed by atoms with Crippen LogP contribution in [0.15, 0.2) is 34.9 Å². The van der Waals surface area contributed by atoms with Crippen molar-refractivity contribution < 1.29 is 14.1 Å². The smallest absolute Gasteiger partial charge is 0.276 e. The Balaban J connectivity index is 2.21. The molecular formula is C13H12ClN3O3. The first kappa shape index (κ1) is 14.1. The Hall–Kier alpha value is -2.34. The van der Waals surface area contributed by atoms with Gasteiger partial charge in [0.1, 0.15) is 0 Å². The van der Waals surface area contributed by atoms with Crippen LogP contribution in [-0.2, 0) is 4.79 Å². The quantitative estimate of drug-likeness (QED) is 0.926. The van der Waals surface area contributed by atoms with E-state index in [0.717, 1.165) is 0 Å². The van der Waals surface area contributed by atoms with Gasteiger partial charge in [-0.2, -0.15) is 0 Å². The molecule has 7 heteroatoms. The standard InChI is InChI=1S/C13H12ClN3O3/c1-17(7-12(15)18)13(19)10-6-11(20-16-10)8-3-2-4-9(14)5-8/h2-6H,7H2,1H3,(H2,15,18). The highest BCUT2D eigenvalue weighted by atomic mass is 35.5. The second-order valence-corrected chi connectivity index (χ2v) is 4.65. The predicted molar refractivity (Wildman–Crippen MR) is 73.1 cm³/mol. The maximum atomic E-state index is 12.0. The fraction of sp³-hybridized carbons (Fsp3) is 0.154. The maximum Gasteiger partial charge on any atom is 0.276 e. The van der Waals surface area contributed by atoms with Crippen LogP contribution in [0.4, 0.5) is 0 Å². The van der Waals surface area contributed by atoms with Gasteiger partial charge in [0.15, 0.2) is 11.5 Å². The van der Waals surface area contributed by atoms with Crippen molar-refractivity contribution in [2.75, 3.05) is 13.6 Å². The lowest BCUT2D eigenvalue weighted by molar-refractivity contribution is -0.118. The minimum absolute atomic E-state index is 0.101. The summed E-state index contributed by atoms with van der Waals surface area (Å²) < 4.78 is 5.11. The average Bonchev–Trinajstić information content (AvgIpc) is 2.86. The molecule has 20 heavy (non-hydrogen) atoms. The number of carbonyl (C=O) groups excluding carboxylic acids is 2. The lowest BCUT2D eigenvalue weighted by atomic mass is 10.1. The van der Waals surface area contributed by atoms with E-state index >= 15 is 0 Å². The van der Waals surface area contributed by atoms with Crippen molar-refractivity contribution in [2.45, 2.75) is 0 Å². The second kappa shape index (κ2) is 5.75. The van der Waals surface area contributed by atoms with Crippen molar-refractivity contribution in [3.8, 4) is 11.3 Å². The van der Waals surface area contributed by atoms with E-state index in [1.807, 2.05) is 0 Å². The van der Waals surface area contributed by atoms with Crippen LogP contribution in [-0.4, -0.2) is 35.5 Å². The van der Waals surface area contributed by atoms with Crippen LogP contribution in [0, 0.1) is 0 Å². The van der Waals surface area contributed by atoms with Crippen LogP contribution in [0.25, 0.3) is 11.3 Å². The number of hydrogen-bond acceptors (Lipinski definition) is 4. The largest absolute Gasteiger partial charge is 0.368 e. The molecule has 0 aliphatic carbocycles. The maximum absolute atomic E-state index is 12.0. The molecule has 0 aliphatic rings. The Labute approximate surface area is 120 Å². The highest BCUT2D eigenvalue weighted by molar-refractivity contribution is 6.30. The highest BCUT2D eigenvalue weighted by Crippen LogP contribution is 2.23. The van der Waals surface area contributed by atoms with Gasteiger partial charge in [-0.3, -0.25) is 9.59 Å². The van der Waals surface area contributed by atoms with Crippen molar-refractivity contribution >= 4 is 23.4 Å². The Morgan fingerprint density at radius 1 is 1.40 bits per heavy atom. The monoisotopic (exact) mass is 293 g/mol. The Morgan fingerprint density at radius 3 is 2.80 bits per heavy atom. The van der Waals surface area contributed by atoms with Crippen LogP contribution < -0.4 is 5.73 Å². The van der Waals surface area contributed by atoms with Gasteiger partial charge in [0, 0.05) is 23.7 Å². The first-order valence-corrected chi connectivity index (χ1v) is 6.11. The van der Waals surface area contributed by atoms with Gasteiger partial charge in [0.25, 0.3) is 5.91 Å².